The van der Waals surface area contributed by atoms with E-state index in [0.717, 1.165) is 17.1 Å². The van der Waals surface area contributed by atoms with Gasteiger partial charge in [0.25, 0.3) is 0 Å². The number of fused-ring (bicyclic) bond motifs is 7. The predicted octanol–water partition coefficient (Wildman–Crippen LogP) is 16.0. The quantitative estimate of drug-likeness (QED) is 0.154. The van der Waals surface area contributed by atoms with Crippen LogP contribution >= 0.6 is 11.3 Å². The van der Waals surface area contributed by atoms with Gasteiger partial charge in [0.15, 0.2) is 0 Å². The van der Waals surface area contributed by atoms with E-state index < -0.39 is 0 Å². The maximum absolute atomic E-state index is 2.43. The maximum Gasteiger partial charge on any atom is 0.0468 e. The molecule has 0 aliphatic rings. The lowest BCUT2D eigenvalue weighted by molar-refractivity contribution is 1.30. The lowest BCUT2D eigenvalue weighted by Crippen LogP contribution is -2.10. The van der Waals surface area contributed by atoms with Crippen molar-refractivity contribution in [3.05, 3.63) is 212 Å². The Balaban J connectivity index is 1.16. The number of anilines is 3. The van der Waals surface area contributed by atoms with Crippen molar-refractivity contribution < 1.29 is 0 Å². The van der Waals surface area contributed by atoms with Crippen LogP contribution in [0.1, 0.15) is 0 Å². The van der Waals surface area contributed by atoms with Crippen LogP contribution in [0.25, 0.3) is 85.9 Å². The molecule has 0 atom stereocenters. The fraction of sp³-hybridized carbons (Fsp3) is 0. The molecule has 11 aromatic rings. The zero-order chi connectivity index (χ0) is 37.0. The molecule has 11 rings (SSSR count). The van der Waals surface area contributed by atoms with Crippen molar-refractivity contribution in [2.75, 3.05) is 4.90 Å². The first-order valence-corrected chi connectivity index (χ1v) is 20.0. The van der Waals surface area contributed by atoms with Crippen LogP contribution in [0.5, 0.6) is 0 Å². The molecule has 262 valence electrons. The molecular weight excluding hydrogens is 695 g/mol. The van der Waals surface area contributed by atoms with Crippen LogP contribution in [-0.2, 0) is 0 Å². The lowest BCUT2D eigenvalue weighted by Gasteiger charge is -2.27. The molecule has 0 aliphatic carbocycles. The van der Waals surface area contributed by atoms with Crippen LogP contribution in [0.15, 0.2) is 212 Å². The summed E-state index contributed by atoms with van der Waals surface area (Å²) in [4.78, 5) is 2.43. The van der Waals surface area contributed by atoms with Crippen LogP contribution in [0.4, 0.5) is 17.1 Å². The summed E-state index contributed by atoms with van der Waals surface area (Å²) in [5.41, 5.74) is 10.7. The van der Waals surface area contributed by atoms with Gasteiger partial charge in [0.05, 0.1) is 0 Å². The van der Waals surface area contributed by atoms with Gasteiger partial charge in [0.1, 0.15) is 0 Å². The highest BCUT2D eigenvalue weighted by Gasteiger charge is 2.21. The Labute approximate surface area is 330 Å². The molecule has 56 heavy (non-hydrogen) atoms. The zero-order valence-electron chi connectivity index (χ0n) is 30.6. The number of rotatable bonds is 6. The molecule has 0 saturated heterocycles. The summed E-state index contributed by atoms with van der Waals surface area (Å²) in [6.45, 7) is 0. The highest BCUT2D eigenvalue weighted by molar-refractivity contribution is 7.25. The second kappa shape index (κ2) is 13.4. The minimum absolute atomic E-state index is 1.11. The smallest absolute Gasteiger partial charge is 0.0468 e. The minimum Gasteiger partial charge on any atom is -0.310 e. The van der Waals surface area contributed by atoms with Gasteiger partial charge >= 0.3 is 0 Å². The molecule has 1 nitrogen and oxygen atoms in total. The van der Waals surface area contributed by atoms with E-state index in [1.807, 2.05) is 11.3 Å². The topological polar surface area (TPSA) is 3.24 Å². The Kier molecular flexibility index (Phi) is 7.75. The molecule has 1 heterocycles. The maximum atomic E-state index is 2.43. The summed E-state index contributed by atoms with van der Waals surface area (Å²) in [6, 6.07) is 77.8. The first-order chi connectivity index (χ1) is 27.8. The number of hydrogen-bond donors (Lipinski definition) is 0. The summed E-state index contributed by atoms with van der Waals surface area (Å²) in [5, 5.41) is 10.1. The summed E-state index contributed by atoms with van der Waals surface area (Å²) in [7, 11) is 0. The van der Waals surface area contributed by atoms with E-state index in [2.05, 4.69) is 217 Å². The van der Waals surface area contributed by atoms with Crippen molar-refractivity contribution in [3.63, 3.8) is 0 Å². The van der Waals surface area contributed by atoms with Gasteiger partial charge in [-0.15, -0.1) is 11.3 Å². The van der Waals surface area contributed by atoms with Gasteiger partial charge in [0.2, 0.25) is 0 Å². The molecule has 0 unspecified atom stereocenters. The molecule has 0 bridgehead atoms. The van der Waals surface area contributed by atoms with Crippen molar-refractivity contribution in [1.29, 1.82) is 0 Å². The molecule has 0 spiro atoms. The Morgan fingerprint density at radius 2 is 0.786 bits per heavy atom. The fourth-order valence-electron chi connectivity index (χ4n) is 8.60. The Morgan fingerprint density at radius 1 is 0.268 bits per heavy atom. The average Bonchev–Trinajstić information content (AvgIpc) is 3.65. The van der Waals surface area contributed by atoms with Gasteiger partial charge in [-0.25, -0.2) is 0 Å². The van der Waals surface area contributed by atoms with Gasteiger partial charge in [0, 0.05) is 37.2 Å². The van der Waals surface area contributed by atoms with Crippen molar-refractivity contribution in [2.24, 2.45) is 0 Å². The van der Waals surface area contributed by atoms with E-state index in [1.54, 1.807) is 0 Å². The second-order valence-corrected chi connectivity index (χ2v) is 15.6. The van der Waals surface area contributed by atoms with Crippen LogP contribution in [0.2, 0.25) is 0 Å². The third-order valence-corrected chi connectivity index (χ3v) is 12.4. The van der Waals surface area contributed by atoms with Gasteiger partial charge in [-0.05, 0) is 120 Å². The van der Waals surface area contributed by atoms with Gasteiger partial charge in [-0.2, -0.15) is 0 Å². The van der Waals surface area contributed by atoms with Gasteiger partial charge < -0.3 is 4.90 Å². The van der Waals surface area contributed by atoms with Crippen LogP contribution in [0.3, 0.4) is 0 Å². The summed E-state index contributed by atoms with van der Waals surface area (Å²) >= 11 is 1.86. The molecule has 2 heteroatoms. The fourth-order valence-corrected chi connectivity index (χ4v) is 9.69. The highest BCUT2D eigenvalue weighted by Crippen LogP contribution is 2.47. The average molecular weight is 730 g/mol. The van der Waals surface area contributed by atoms with Crippen molar-refractivity contribution in [3.8, 4) is 33.4 Å². The second-order valence-electron chi connectivity index (χ2n) is 14.5. The van der Waals surface area contributed by atoms with Crippen LogP contribution in [0, 0.1) is 0 Å². The van der Waals surface area contributed by atoms with Crippen molar-refractivity contribution >= 4 is 80.9 Å². The molecule has 10 aromatic carbocycles. The van der Waals surface area contributed by atoms with Crippen LogP contribution < -0.4 is 4.90 Å². The molecule has 0 amide bonds. The number of benzene rings is 10. The SMILES string of the molecule is c1ccc(-c2c(-c3ccccc3)c3cc(N(c4ccc(-c5ccc6ccccc6c5)cc4)c4ccc5sc6ccccc6c5c4)ccc3c3ccccc23)cc1. The predicted molar refractivity (Wildman–Crippen MR) is 243 cm³/mol. The third-order valence-electron chi connectivity index (χ3n) is 11.2. The summed E-state index contributed by atoms with van der Waals surface area (Å²) in [6.07, 6.45) is 0. The van der Waals surface area contributed by atoms with Gasteiger partial charge in [-0.1, -0.05) is 158 Å². The summed E-state index contributed by atoms with van der Waals surface area (Å²) < 4.78 is 2.61. The van der Waals surface area contributed by atoms with E-state index >= 15 is 0 Å². The van der Waals surface area contributed by atoms with E-state index in [-0.39, 0.29) is 0 Å². The number of nitrogens with zero attached hydrogens (tertiary/aromatic N) is 1. The minimum atomic E-state index is 1.11. The van der Waals surface area contributed by atoms with Crippen LogP contribution in [-0.4, -0.2) is 0 Å². The Hall–Kier alpha value is -7.00. The molecule has 0 radical (unpaired) electrons. The van der Waals surface area contributed by atoms with E-state index in [9.17, 15) is 0 Å². The van der Waals surface area contributed by atoms with Gasteiger partial charge in [-0.3, -0.25) is 0 Å². The molecular formula is C54H35NS. The number of thiophene rings is 1. The van der Waals surface area contributed by atoms with E-state index in [4.69, 9.17) is 0 Å². The standard InChI is InChI=1S/C54H35NS/c1-3-14-38(15-4-1)53-48-21-10-9-19-45(48)46-31-29-43(35-50(46)54(53)39-16-5-2-6-17-39)55(44-30-32-52-49(34-44)47-20-11-12-22-51(47)56-52)42-27-25-37(26-28-42)41-24-23-36-13-7-8-18-40(36)33-41/h1-35H. The number of hydrogen-bond acceptors (Lipinski definition) is 2. The lowest BCUT2D eigenvalue weighted by atomic mass is 9.85. The van der Waals surface area contributed by atoms with Crippen molar-refractivity contribution in [1.82, 2.24) is 0 Å². The van der Waals surface area contributed by atoms with E-state index in [1.165, 1.54) is 85.9 Å². The van der Waals surface area contributed by atoms with E-state index in [0.29, 0.717) is 0 Å². The van der Waals surface area contributed by atoms with Crippen molar-refractivity contribution in [2.45, 2.75) is 0 Å². The molecule has 0 saturated carbocycles. The Morgan fingerprint density at radius 3 is 1.54 bits per heavy atom. The monoisotopic (exact) mass is 729 g/mol. The largest absolute Gasteiger partial charge is 0.310 e. The Bertz CT molecular complexity index is 3230. The zero-order valence-corrected chi connectivity index (χ0v) is 31.4. The first-order valence-electron chi connectivity index (χ1n) is 19.2. The normalized spacial score (nSPS) is 11.6. The highest BCUT2D eigenvalue weighted by atomic mass is 32.1. The molecule has 1 aromatic heterocycles. The first kappa shape index (κ1) is 32.4. The third kappa shape index (κ3) is 5.46. The summed E-state index contributed by atoms with van der Waals surface area (Å²) in [5.74, 6) is 0. The molecule has 0 aliphatic heterocycles. The molecule has 0 fully saturated rings. The molecule has 0 N–H and O–H groups in total.